The summed E-state index contributed by atoms with van der Waals surface area (Å²) in [5.41, 5.74) is 0.436. The summed E-state index contributed by atoms with van der Waals surface area (Å²) >= 11 is 0. The van der Waals surface area contributed by atoms with E-state index in [1.807, 2.05) is 0 Å². The number of carbonyl (C=O) groups excluding carboxylic acids is 4. The smallest absolute Gasteiger partial charge is 0.744 e. The van der Waals surface area contributed by atoms with Gasteiger partial charge in [0.2, 0.25) is 17.3 Å². The SMILES string of the molecule is O=C1C(=O)c2ccccc2C=C1S(=O)(=O)[O-].O=C1C=C(S(=O)(=O)[O-])C(=O)c2ccccc21.[Na+].[Na+]. The van der Waals surface area contributed by atoms with Crippen LogP contribution < -0.4 is 59.1 Å². The van der Waals surface area contributed by atoms with Crippen molar-refractivity contribution in [2.45, 2.75) is 0 Å². The van der Waals surface area contributed by atoms with Crippen LogP contribution in [0.2, 0.25) is 0 Å². The molecule has 14 heteroatoms. The van der Waals surface area contributed by atoms with Crippen molar-refractivity contribution in [3.63, 3.8) is 0 Å². The first-order valence-corrected chi connectivity index (χ1v) is 11.4. The fourth-order valence-corrected chi connectivity index (χ4v) is 4.11. The third-order valence-electron chi connectivity index (χ3n) is 4.38. The minimum atomic E-state index is -4.91. The van der Waals surface area contributed by atoms with Gasteiger partial charge in [0.15, 0.2) is 5.78 Å². The Morgan fingerprint density at radius 1 is 0.529 bits per heavy atom. The van der Waals surface area contributed by atoms with Gasteiger partial charge in [0, 0.05) is 22.8 Å². The second kappa shape index (κ2) is 11.4. The summed E-state index contributed by atoms with van der Waals surface area (Å²) in [5, 5.41) is 0. The van der Waals surface area contributed by atoms with Crippen LogP contribution in [0.3, 0.4) is 0 Å². The van der Waals surface area contributed by atoms with Crippen molar-refractivity contribution in [3.05, 3.63) is 86.7 Å². The maximum Gasteiger partial charge on any atom is 1.00 e. The first kappa shape index (κ1) is 30.5. The molecule has 4 rings (SSSR count). The number of fused-ring (bicyclic) bond motifs is 2. The topological polar surface area (TPSA) is 183 Å². The summed E-state index contributed by atoms with van der Waals surface area (Å²) in [6.45, 7) is 0. The molecule has 2 aliphatic carbocycles. The Hall–Kier alpha value is -1.58. The summed E-state index contributed by atoms with van der Waals surface area (Å²) in [4.78, 5) is 43.9. The molecule has 0 aliphatic heterocycles. The maximum atomic E-state index is 11.6. The van der Waals surface area contributed by atoms with E-state index in [1.165, 1.54) is 30.3 Å². The summed E-state index contributed by atoms with van der Waals surface area (Å²) in [6.07, 6.45) is 1.51. The minimum Gasteiger partial charge on any atom is -0.744 e. The summed E-state index contributed by atoms with van der Waals surface area (Å²) in [6, 6.07) is 11.8. The Balaban J connectivity index is 0.000000321. The number of Topliss-reactive ketones (excluding diaryl/α,β-unsaturated/α-hetero) is 3. The predicted molar refractivity (Wildman–Crippen MR) is 106 cm³/mol. The number of hydrogen-bond donors (Lipinski definition) is 0. The van der Waals surface area contributed by atoms with Crippen LogP contribution in [0.5, 0.6) is 0 Å². The molecule has 0 atom stereocenters. The van der Waals surface area contributed by atoms with Gasteiger partial charge in [-0.1, -0.05) is 48.5 Å². The molecule has 0 aromatic heterocycles. The Morgan fingerprint density at radius 3 is 1.50 bits per heavy atom. The van der Waals surface area contributed by atoms with Crippen molar-refractivity contribution in [1.29, 1.82) is 0 Å². The number of rotatable bonds is 2. The monoisotopic (exact) mass is 520 g/mol. The molecule has 0 saturated carbocycles. The molecule has 0 heterocycles. The molecule has 0 N–H and O–H groups in total. The Labute approximate surface area is 238 Å². The Bertz CT molecular complexity index is 1490. The number of carbonyl (C=O) groups is 4. The van der Waals surface area contributed by atoms with Crippen LogP contribution in [0.15, 0.2) is 64.4 Å². The average molecular weight is 520 g/mol. The quantitative estimate of drug-likeness (QED) is 0.211. The van der Waals surface area contributed by atoms with Crippen molar-refractivity contribution in [2.24, 2.45) is 0 Å². The van der Waals surface area contributed by atoms with Crippen molar-refractivity contribution < 1.29 is 104 Å². The standard InChI is InChI=1S/2C10H6O5S.2Na/c11-8-5-9(16(13,14)15)10(12)7-4-2-1-3-6(7)8;11-9-7-4-2-1-3-6(7)5-8(10(9)12)16(13,14)15;;/h2*1-5H,(H,13,14,15);;/q;;2*+1/p-2. The molecule has 0 bridgehead atoms. The van der Waals surface area contributed by atoms with Gasteiger partial charge >= 0.3 is 59.1 Å². The molecule has 0 amide bonds. The average Bonchev–Trinajstić information content (AvgIpc) is 2.72. The molecule has 0 fully saturated rings. The molecule has 34 heavy (non-hydrogen) atoms. The molecule has 2 aromatic rings. The number of benzene rings is 2. The van der Waals surface area contributed by atoms with Gasteiger partial charge in [-0.2, -0.15) is 0 Å². The molecule has 0 spiro atoms. The van der Waals surface area contributed by atoms with E-state index in [0.717, 1.165) is 6.08 Å². The molecule has 0 radical (unpaired) electrons. The fraction of sp³-hybridized carbons (Fsp3) is 0. The molecule has 2 aromatic carbocycles. The van der Waals surface area contributed by atoms with Crippen LogP contribution in [0.25, 0.3) is 6.08 Å². The van der Waals surface area contributed by atoms with Gasteiger partial charge in [-0.05, 0) is 11.6 Å². The van der Waals surface area contributed by atoms with E-state index in [4.69, 9.17) is 0 Å². The van der Waals surface area contributed by atoms with Crippen LogP contribution in [0.4, 0.5) is 0 Å². The first-order valence-electron chi connectivity index (χ1n) is 8.53. The van der Waals surface area contributed by atoms with E-state index in [9.17, 15) is 45.1 Å². The van der Waals surface area contributed by atoms with E-state index in [1.54, 1.807) is 18.2 Å². The molecule has 2 aliphatic rings. The van der Waals surface area contributed by atoms with Crippen molar-refractivity contribution >= 4 is 49.4 Å². The van der Waals surface area contributed by atoms with E-state index in [2.05, 4.69) is 0 Å². The van der Waals surface area contributed by atoms with Crippen LogP contribution >= 0.6 is 0 Å². The van der Waals surface area contributed by atoms with Crippen LogP contribution in [0, 0.1) is 0 Å². The zero-order chi connectivity index (χ0) is 23.8. The van der Waals surface area contributed by atoms with Crippen molar-refractivity contribution in [2.75, 3.05) is 0 Å². The third-order valence-corrected chi connectivity index (χ3v) is 6.07. The summed E-state index contributed by atoms with van der Waals surface area (Å²) in [5.74, 6) is -3.81. The third kappa shape index (κ3) is 6.34. The summed E-state index contributed by atoms with van der Waals surface area (Å²) in [7, 11) is -9.82. The van der Waals surface area contributed by atoms with Gasteiger partial charge in [-0.25, -0.2) is 16.8 Å². The Kier molecular flexibility index (Phi) is 10.2. The normalized spacial score (nSPS) is 14.8. The van der Waals surface area contributed by atoms with Crippen LogP contribution in [0.1, 0.15) is 36.6 Å². The van der Waals surface area contributed by atoms with Crippen LogP contribution in [-0.4, -0.2) is 49.1 Å². The molecular weight excluding hydrogens is 510 g/mol. The van der Waals surface area contributed by atoms with Gasteiger partial charge in [0.05, 0.1) is 0 Å². The molecule has 0 unspecified atom stereocenters. The molecular formula is C20H10Na2O10S2. The van der Waals surface area contributed by atoms with Gasteiger partial charge in [0.1, 0.15) is 30.0 Å². The van der Waals surface area contributed by atoms with Crippen molar-refractivity contribution in [3.8, 4) is 0 Å². The number of hydrogen-bond acceptors (Lipinski definition) is 10. The van der Waals surface area contributed by atoms with Gasteiger partial charge in [0.25, 0.3) is 0 Å². The summed E-state index contributed by atoms with van der Waals surface area (Å²) < 4.78 is 64.5. The molecule has 0 saturated heterocycles. The second-order valence-electron chi connectivity index (χ2n) is 6.41. The van der Waals surface area contributed by atoms with Crippen molar-refractivity contribution in [1.82, 2.24) is 0 Å². The molecule has 10 nitrogen and oxygen atoms in total. The van der Waals surface area contributed by atoms with E-state index < -0.39 is 53.2 Å². The number of ketones is 4. The van der Waals surface area contributed by atoms with Gasteiger partial charge < -0.3 is 9.11 Å². The zero-order valence-electron chi connectivity index (χ0n) is 17.7. The van der Waals surface area contributed by atoms with Gasteiger partial charge in [-0.3, -0.25) is 19.2 Å². The fourth-order valence-electron chi connectivity index (χ4n) is 2.93. The molecule has 164 valence electrons. The van der Waals surface area contributed by atoms with Crippen LogP contribution in [-0.2, 0) is 25.0 Å². The zero-order valence-corrected chi connectivity index (χ0v) is 23.3. The second-order valence-corrected chi connectivity index (χ2v) is 9.11. The largest absolute Gasteiger partial charge is 1.00 e. The Morgan fingerprint density at radius 2 is 0.971 bits per heavy atom. The maximum absolute atomic E-state index is 11.6. The van der Waals surface area contributed by atoms with E-state index in [0.29, 0.717) is 6.08 Å². The predicted octanol–water partition coefficient (Wildman–Crippen LogP) is -5.16. The first-order chi connectivity index (χ1) is 14.8. The number of allylic oxidation sites excluding steroid dienone is 3. The van der Waals surface area contributed by atoms with E-state index >= 15 is 0 Å². The minimum absolute atomic E-state index is 0. The van der Waals surface area contributed by atoms with Gasteiger partial charge in [-0.15, -0.1) is 0 Å². The van der Waals surface area contributed by atoms with E-state index in [-0.39, 0.29) is 81.4 Å².